The SMILES string of the molecule is CCOc1ccc([C@@H]2C(=C(O)c3ccc(Cl)cc3)C(=O)C(=O)N2CCN2CCOCC2)cc1OC. The molecule has 0 bridgehead atoms. The van der Waals surface area contributed by atoms with Gasteiger partial charge >= 0.3 is 0 Å². The number of aliphatic hydroxyl groups excluding tert-OH is 1. The first kappa shape index (κ1) is 25.0. The van der Waals surface area contributed by atoms with Crippen LogP contribution in [-0.4, -0.2) is 79.7 Å². The Morgan fingerprint density at radius 3 is 2.46 bits per heavy atom. The number of aliphatic hydroxyl groups is 1. The van der Waals surface area contributed by atoms with Crippen molar-refractivity contribution < 1.29 is 28.9 Å². The van der Waals surface area contributed by atoms with Crippen LogP contribution in [0.25, 0.3) is 5.76 Å². The van der Waals surface area contributed by atoms with Gasteiger partial charge in [0.15, 0.2) is 11.5 Å². The molecule has 2 aromatic rings. The number of amides is 1. The molecule has 2 fully saturated rings. The van der Waals surface area contributed by atoms with Gasteiger partial charge in [-0.25, -0.2) is 0 Å². The third-order valence-corrected chi connectivity index (χ3v) is 6.47. The van der Waals surface area contributed by atoms with E-state index in [0.29, 0.717) is 60.6 Å². The smallest absolute Gasteiger partial charge is 0.295 e. The van der Waals surface area contributed by atoms with E-state index in [1.165, 1.54) is 12.0 Å². The van der Waals surface area contributed by atoms with E-state index in [0.717, 1.165) is 13.1 Å². The van der Waals surface area contributed by atoms with E-state index in [1.807, 2.05) is 6.92 Å². The predicted octanol–water partition coefficient (Wildman–Crippen LogP) is 3.50. The Hall–Kier alpha value is -3.07. The Labute approximate surface area is 209 Å². The quantitative estimate of drug-likeness (QED) is 0.337. The molecule has 2 aliphatic heterocycles. The topological polar surface area (TPSA) is 88.5 Å². The van der Waals surface area contributed by atoms with Gasteiger partial charge in [-0.05, 0) is 48.9 Å². The van der Waals surface area contributed by atoms with Crippen LogP contribution in [0.2, 0.25) is 5.02 Å². The van der Waals surface area contributed by atoms with Gasteiger partial charge < -0.3 is 24.2 Å². The molecule has 186 valence electrons. The number of benzene rings is 2. The average Bonchev–Trinajstić information content (AvgIpc) is 3.13. The maximum atomic E-state index is 13.2. The van der Waals surface area contributed by atoms with Gasteiger partial charge in [-0.15, -0.1) is 0 Å². The van der Waals surface area contributed by atoms with Gasteiger partial charge in [-0.3, -0.25) is 14.5 Å². The Balaban J connectivity index is 1.77. The van der Waals surface area contributed by atoms with Crippen molar-refractivity contribution in [3.05, 3.63) is 64.2 Å². The highest BCUT2D eigenvalue weighted by atomic mass is 35.5. The molecule has 2 aliphatic rings. The van der Waals surface area contributed by atoms with Gasteiger partial charge in [0, 0.05) is 36.8 Å². The standard InChI is InChI=1S/C26H29ClN2O6/c1-3-35-20-9-6-18(16-21(20)33-2)23-22(24(30)17-4-7-19(27)8-5-17)25(31)26(32)29(23)11-10-28-12-14-34-15-13-28/h4-9,16,23,30H,3,10-15H2,1-2H3/t23-/m1/s1. The maximum absolute atomic E-state index is 13.2. The van der Waals surface area contributed by atoms with Gasteiger partial charge in [0.05, 0.1) is 38.5 Å². The number of ketones is 1. The van der Waals surface area contributed by atoms with Crippen molar-refractivity contribution in [2.45, 2.75) is 13.0 Å². The van der Waals surface area contributed by atoms with Gasteiger partial charge in [0.1, 0.15) is 5.76 Å². The van der Waals surface area contributed by atoms with Crippen LogP contribution < -0.4 is 9.47 Å². The summed E-state index contributed by atoms with van der Waals surface area (Å²) >= 11 is 6.00. The van der Waals surface area contributed by atoms with E-state index in [1.54, 1.807) is 42.5 Å². The van der Waals surface area contributed by atoms with Crippen LogP contribution in [0.1, 0.15) is 24.1 Å². The van der Waals surface area contributed by atoms with Crippen LogP contribution in [0, 0.1) is 0 Å². The summed E-state index contributed by atoms with van der Waals surface area (Å²) in [7, 11) is 1.53. The summed E-state index contributed by atoms with van der Waals surface area (Å²) in [5.41, 5.74) is 1.08. The van der Waals surface area contributed by atoms with Crippen molar-refractivity contribution in [2.24, 2.45) is 0 Å². The van der Waals surface area contributed by atoms with Crippen molar-refractivity contribution in [3.8, 4) is 11.5 Å². The number of likely N-dealkylation sites (tertiary alicyclic amines) is 1. The van der Waals surface area contributed by atoms with Crippen molar-refractivity contribution in [3.63, 3.8) is 0 Å². The summed E-state index contributed by atoms with van der Waals surface area (Å²) in [5, 5.41) is 11.7. The molecule has 35 heavy (non-hydrogen) atoms. The predicted molar refractivity (Wildman–Crippen MR) is 132 cm³/mol. The van der Waals surface area contributed by atoms with Gasteiger partial charge in [0.2, 0.25) is 0 Å². The molecule has 9 heteroatoms. The average molecular weight is 501 g/mol. The first-order chi connectivity index (χ1) is 16.9. The van der Waals surface area contributed by atoms with Crippen LogP contribution in [-0.2, 0) is 14.3 Å². The number of Topliss-reactive ketones (excluding diaryl/α,β-unsaturated/α-hetero) is 1. The highest BCUT2D eigenvalue weighted by Gasteiger charge is 2.46. The number of rotatable bonds is 8. The normalized spacial score (nSPS) is 20.3. The summed E-state index contributed by atoms with van der Waals surface area (Å²) in [4.78, 5) is 30.1. The first-order valence-corrected chi connectivity index (χ1v) is 12.0. The van der Waals surface area contributed by atoms with Crippen LogP contribution in [0.3, 0.4) is 0 Å². The van der Waals surface area contributed by atoms with Crippen molar-refractivity contribution in [1.82, 2.24) is 9.80 Å². The van der Waals surface area contributed by atoms with Crippen molar-refractivity contribution >= 4 is 29.1 Å². The molecule has 0 aliphatic carbocycles. The summed E-state index contributed by atoms with van der Waals surface area (Å²) < 4.78 is 16.5. The van der Waals surface area contributed by atoms with Crippen molar-refractivity contribution in [2.75, 3.05) is 53.1 Å². The molecule has 4 rings (SSSR count). The number of hydrogen-bond acceptors (Lipinski definition) is 7. The number of methoxy groups -OCH3 is 1. The number of hydrogen-bond donors (Lipinski definition) is 1. The first-order valence-electron chi connectivity index (χ1n) is 11.6. The highest BCUT2D eigenvalue weighted by Crippen LogP contribution is 2.42. The van der Waals surface area contributed by atoms with E-state index in [4.69, 9.17) is 25.8 Å². The molecule has 2 heterocycles. The molecule has 2 aromatic carbocycles. The molecule has 1 N–H and O–H groups in total. The fourth-order valence-corrected chi connectivity index (χ4v) is 4.55. The van der Waals surface area contributed by atoms with Crippen LogP contribution in [0.4, 0.5) is 0 Å². The zero-order valence-corrected chi connectivity index (χ0v) is 20.6. The second kappa shape index (κ2) is 11.1. The number of morpholine rings is 1. The van der Waals surface area contributed by atoms with E-state index >= 15 is 0 Å². The van der Waals surface area contributed by atoms with E-state index < -0.39 is 17.7 Å². The molecule has 8 nitrogen and oxygen atoms in total. The summed E-state index contributed by atoms with van der Waals surface area (Å²) in [6.07, 6.45) is 0. The minimum Gasteiger partial charge on any atom is -0.507 e. The van der Waals surface area contributed by atoms with Crippen LogP contribution in [0.5, 0.6) is 11.5 Å². The van der Waals surface area contributed by atoms with Crippen LogP contribution in [0.15, 0.2) is 48.0 Å². The lowest BCUT2D eigenvalue weighted by atomic mass is 9.95. The fraction of sp³-hybridized carbons (Fsp3) is 0.385. The third-order valence-electron chi connectivity index (χ3n) is 6.22. The van der Waals surface area contributed by atoms with Gasteiger partial charge in [-0.1, -0.05) is 17.7 Å². The second-order valence-electron chi connectivity index (χ2n) is 8.30. The Morgan fingerprint density at radius 1 is 1.09 bits per heavy atom. The van der Waals surface area contributed by atoms with Crippen molar-refractivity contribution in [1.29, 1.82) is 0 Å². The number of carbonyl (C=O) groups excluding carboxylic acids is 2. The largest absolute Gasteiger partial charge is 0.507 e. The summed E-state index contributed by atoms with van der Waals surface area (Å²) in [6, 6.07) is 11.0. The monoisotopic (exact) mass is 500 g/mol. The number of ether oxygens (including phenoxy) is 3. The lowest BCUT2D eigenvalue weighted by Gasteiger charge is -2.31. The minimum atomic E-state index is -0.781. The molecule has 0 spiro atoms. The van der Waals surface area contributed by atoms with E-state index in [2.05, 4.69) is 4.90 Å². The molecule has 1 atom stereocenters. The van der Waals surface area contributed by atoms with Crippen LogP contribution >= 0.6 is 11.6 Å². The molecule has 0 radical (unpaired) electrons. The molecule has 0 saturated carbocycles. The van der Waals surface area contributed by atoms with Gasteiger partial charge in [0.25, 0.3) is 11.7 Å². The fourth-order valence-electron chi connectivity index (χ4n) is 4.42. The number of halogens is 1. The Bertz CT molecular complexity index is 1110. The lowest BCUT2D eigenvalue weighted by Crippen LogP contribution is -2.42. The maximum Gasteiger partial charge on any atom is 0.295 e. The van der Waals surface area contributed by atoms with Gasteiger partial charge in [-0.2, -0.15) is 0 Å². The molecular weight excluding hydrogens is 472 g/mol. The molecule has 0 unspecified atom stereocenters. The molecular formula is C26H29ClN2O6. The number of carbonyl (C=O) groups is 2. The van der Waals surface area contributed by atoms with E-state index in [9.17, 15) is 14.7 Å². The highest BCUT2D eigenvalue weighted by molar-refractivity contribution is 6.46. The summed E-state index contributed by atoms with van der Waals surface area (Å²) in [5.74, 6) is -0.577. The Kier molecular flexibility index (Phi) is 7.95. The molecule has 0 aromatic heterocycles. The number of nitrogens with zero attached hydrogens (tertiary/aromatic N) is 2. The molecule has 2 saturated heterocycles. The third kappa shape index (κ3) is 5.29. The zero-order chi connectivity index (χ0) is 24.9. The zero-order valence-electron chi connectivity index (χ0n) is 19.8. The summed E-state index contributed by atoms with van der Waals surface area (Å²) in [6.45, 7) is 6.03. The Morgan fingerprint density at radius 2 is 1.80 bits per heavy atom. The minimum absolute atomic E-state index is 0.0329. The molecule has 1 amide bonds. The van der Waals surface area contributed by atoms with E-state index in [-0.39, 0.29) is 11.3 Å². The second-order valence-corrected chi connectivity index (χ2v) is 8.73. The lowest BCUT2D eigenvalue weighted by molar-refractivity contribution is -0.140.